The number of aromatic amines is 1. The predicted molar refractivity (Wildman–Crippen MR) is 89.1 cm³/mol. The minimum Gasteiger partial charge on any atom is -0.438 e. The molecule has 0 bridgehead atoms. The molecule has 29 heavy (non-hydrogen) atoms. The van der Waals surface area contributed by atoms with Crippen molar-refractivity contribution in [2.45, 2.75) is 13.2 Å². The molecule has 152 valence electrons. The van der Waals surface area contributed by atoms with Gasteiger partial charge in [0.2, 0.25) is 11.7 Å². The summed E-state index contributed by atoms with van der Waals surface area (Å²) in [5, 5.41) is 0. The van der Waals surface area contributed by atoms with Crippen LogP contribution in [0.1, 0.15) is 11.3 Å². The third kappa shape index (κ3) is 3.77. The van der Waals surface area contributed by atoms with Crippen molar-refractivity contribution in [1.82, 2.24) is 9.55 Å². The number of nitrogens with one attached hydrogen (secondary N) is 1. The summed E-state index contributed by atoms with van der Waals surface area (Å²) in [6.07, 6.45) is 0.611. The van der Waals surface area contributed by atoms with Crippen LogP contribution in [0.2, 0.25) is 0 Å². The van der Waals surface area contributed by atoms with E-state index in [0.717, 1.165) is 18.2 Å². The molecule has 0 saturated carbocycles. The molecule has 4 rings (SSSR count). The molecule has 2 aromatic heterocycles. The highest BCUT2D eigenvalue weighted by Gasteiger charge is 2.37. The molecule has 0 aliphatic carbocycles. The molecule has 0 spiro atoms. The van der Waals surface area contributed by atoms with Crippen LogP contribution in [0.4, 0.5) is 13.2 Å². The maximum Gasteiger partial charge on any atom is 0.530 e. The summed E-state index contributed by atoms with van der Waals surface area (Å²) in [5.41, 5.74) is -2.26. The molecule has 0 radical (unpaired) electrons. The molecule has 3 heterocycles. The van der Waals surface area contributed by atoms with Crippen LogP contribution >= 0.6 is 7.82 Å². The second-order valence-corrected chi connectivity index (χ2v) is 7.39. The Morgan fingerprint density at radius 2 is 1.97 bits per heavy atom. The van der Waals surface area contributed by atoms with Crippen molar-refractivity contribution in [3.05, 3.63) is 80.1 Å². The number of fused-ring (bicyclic) bond motifs is 1. The summed E-state index contributed by atoms with van der Waals surface area (Å²) in [5.74, 6) is -3.26. The van der Waals surface area contributed by atoms with Crippen LogP contribution in [0.15, 0.2) is 44.5 Å². The maximum absolute atomic E-state index is 13.7. The predicted octanol–water partition coefficient (Wildman–Crippen LogP) is 2.77. The Kier molecular flexibility index (Phi) is 4.69. The van der Waals surface area contributed by atoms with Crippen molar-refractivity contribution in [2.75, 3.05) is 0 Å². The Morgan fingerprint density at radius 1 is 1.17 bits per heavy atom. The Morgan fingerprint density at radius 3 is 2.72 bits per heavy atom. The fourth-order valence-electron chi connectivity index (χ4n) is 2.44. The van der Waals surface area contributed by atoms with Crippen molar-refractivity contribution in [1.29, 1.82) is 0 Å². The average molecular weight is 430 g/mol. The van der Waals surface area contributed by atoms with E-state index in [0.29, 0.717) is 16.8 Å². The summed E-state index contributed by atoms with van der Waals surface area (Å²) in [4.78, 5) is 24.7. The average Bonchev–Trinajstić information content (AvgIpc) is 3.06. The van der Waals surface area contributed by atoms with Gasteiger partial charge in [-0.1, -0.05) is 6.07 Å². The summed E-state index contributed by atoms with van der Waals surface area (Å²) >= 11 is 0. The van der Waals surface area contributed by atoms with Crippen molar-refractivity contribution in [2.24, 2.45) is 0 Å². The molecule has 13 heteroatoms. The SMILES string of the molecule is O=c1[nH]c(=O)n(-c2cc3c(o2)COP(=O)(OCc2ccc(F)cc2F)O3)cc1F. The van der Waals surface area contributed by atoms with Crippen LogP contribution in [0.3, 0.4) is 0 Å². The quantitative estimate of drug-likeness (QED) is 0.634. The van der Waals surface area contributed by atoms with E-state index in [4.69, 9.17) is 18.0 Å². The monoisotopic (exact) mass is 430 g/mol. The van der Waals surface area contributed by atoms with E-state index in [1.54, 1.807) is 4.98 Å². The summed E-state index contributed by atoms with van der Waals surface area (Å²) < 4.78 is 73.8. The van der Waals surface area contributed by atoms with E-state index >= 15 is 0 Å². The number of aromatic nitrogens is 2. The zero-order chi connectivity index (χ0) is 20.8. The van der Waals surface area contributed by atoms with Gasteiger partial charge in [0.15, 0.2) is 11.5 Å². The number of hydrogen-bond donors (Lipinski definition) is 1. The lowest BCUT2D eigenvalue weighted by Crippen LogP contribution is -2.30. The molecule has 0 amide bonds. The Bertz CT molecular complexity index is 1270. The highest BCUT2D eigenvalue weighted by atomic mass is 31.2. The zero-order valence-electron chi connectivity index (χ0n) is 14.2. The van der Waals surface area contributed by atoms with E-state index in [2.05, 4.69) is 0 Å². The Hall–Kier alpha value is -3.08. The van der Waals surface area contributed by atoms with E-state index in [-0.39, 0.29) is 29.6 Å². The molecular weight excluding hydrogens is 420 g/mol. The molecule has 3 aromatic rings. The zero-order valence-corrected chi connectivity index (χ0v) is 15.1. The van der Waals surface area contributed by atoms with Gasteiger partial charge in [-0.2, -0.15) is 4.39 Å². The van der Waals surface area contributed by atoms with Gasteiger partial charge in [0, 0.05) is 17.7 Å². The van der Waals surface area contributed by atoms with Crippen molar-refractivity contribution in [3.63, 3.8) is 0 Å². The van der Waals surface area contributed by atoms with Crippen LogP contribution in [0, 0.1) is 17.5 Å². The molecule has 1 aliphatic heterocycles. The second kappa shape index (κ2) is 7.07. The molecule has 0 fully saturated rings. The third-order valence-electron chi connectivity index (χ3n) is 3.85. The van der Waals surface area contributed by atoms with Crippen LogP contribution in [0.25, 0.3) is 5.88 Å². The number of phosphoric acid groups is 1. The third-order valence-corrected chi connectivity index (χ3v) is 5.16. The number of benzene rings is 1. The van der Waals surface area contributed by atoms with Gasteiger partial charge in [-0.05, 0) is 6.07 Å². The fourth-order valence-corrected chi connectivity index (χ4v) is 3.59. The normalized spacial score (nSPS) is 18.3. The fraction of sp³-hybridized carbons (Fsp3) is 0.125. The van der Waals surface area contributed by atoms with E-state index in [1.807, 2.05) is 0 Å². The highest BCUT2D eigenvalue weighted by Crippen LogP contribution is 2.55. The first kappa shape index (κ1) is 19.2. The van der Waals surface area contributed by atoms with Crippen molar-refractivity contribution < 1.29 is 35.7 Å². The largest absolute Gasteiger partial charge is 0.530 e. The van der Waals surface area contributed by atoms with Gasteiger partial charge >= 0.3 is 13.5 Å². The lowest BCUT2D eigenvalue weighted by atomic mass is 10.2. The Labute approximate surface area is 158 Å². The first-order valence-electron chi connectivity index (χ1n) is 7.91. The van der Waals surface area contributed by atoms with Crippen molar-refractivity contribution in [3.8, 4) is 11.6 Å². The van der Waals surface area contributed by atoms with Gasteiger partial charge in [-0.15, -0.1) is 0 Å². The molecule has 1 aliphatic rings. The topological polar surface area (TPSA) is 113 Å². The van der Waals surface area contributed by atoms with Gasteiger partial charge in [-0.3, -0.25) is 18.8 Å². The maximum atomic E-state index is 13.7. The molecular formula is C16H10F3N2O7P. The van der Waals surface area contributed by atoms with E-state index in [9.17, 15) is 27.3 Å². The molecule has 1 atom stereocenters. The molecule has 0 saturated heterocycles. The Balaban J connectivity index is 1.56. The van der Waals surface area contributed by atoms with Crippen molar-refractivity contribution >= 4 is 7.82 Å². The summed E-state index contributed by atoms with van der Waals surface area (Å²) in [7, 11) is -4.19. The van der Waals surface area contributed by atoms with E-state index in [1.165, 1.54) is 0 Å². The minimum atomic E-state index is -4.19. The van der Waals surface area contributed by atoms with Crippen LogP contribution in [-0.2, 0) is 26.8 Å². The number of halogens is 3. The number of rotatable bonds is 4. The van der Waals surface area contributed by atoms with Gasteiger partial charge in [-0.25, -0.2) is 22.7 Å². The minimum absolute atomic E-state index is 0.0153. The molecule has 1 aromatic carbocycles. The number of furan rings is 1. The van der Waals surface area contributed by atoms with Gasteiger partial charge in [0.25, 0.3) is 5.56 Å². The smallest absolute Gasteiger partial charge is 0.438 e. The number of phosphoric ester groups is 1. The first-order valence-corrected chi connectivity index (χ1v) is 9.37. The number of hydrogen-bond acceptors (Lipinski definition) is 7. The number of H-pyrrole nitrogens is 1. The molecule has 9 nitrogen and oxygen atoms in total. The van der Waals surface area contributed by atoms with Gasteiger partial charge < -0.3 is 8.94 Å². The van der Waals surface area contributed by atoms with Gasteiger partial charge in [0.05, 0.1) is 12.8 Å². The lowest BCUT2D eigenvalue weighted by Gasteiger charge is -2.21. The number of nitrogens with zero attached hydrogens (tertiary/aromatic N) is 1. The molecule has 1 unspecified atom stereocenters. The highest BCUT2D eigenvalue weighted by molar-refractivity contribution is 7.49. The van der Waals surface area contributed by atoms with E-state index < -0.39 is 43.1 Å². The summed E-state index contributed by atoms with van der Waals surface area (Å²) in [6, 6.07) is 3.87. The summed E-state index contributed by atoms with van der Waals surface area (Å²) in [6.45, 7) is -0.923. The van der Waals surface area contributed by atoms with Crippen LogP contribution < -0.4 is 15.8 Å². The first-order chi connectivity index (χ1) is 13.7. The standard InChI is InChI=1S/C16H10F3N2O7P/c17-9-2-1-8(10(18)3-9)6-25-29(24)26-7-13-12(28-29)4-14(27-13)21-5-11(19)15(22)20-16(21)23/h1-5H,6-7H2,(H,20,22,23). The van der Waals surface area contributed by atoms with Gasteiger partial charge in [0.1, 0.15) is 18.2 Å². The van der Waals surface area contributed by atoms with Crippen LogP contribution in [0.5, 0.6) is 5.75 Å². The second-order valence-electron chi connectivity index (χ2n) is 5.80. The molecule has 1 N–H and O–H groups in total. The van der Waals surface area contributed by atoms with Crippen LogP contribution in [-0.4, -0.2) is 9.55 Å². The lowest BCUT2D eigenvalue weighted by molar-refractivity contribution is 0.117.